The Labute approximate surface area is 104 Å². The molecule has 0 saturated carbocycles. The molecule has 0 spiro atoms. The van der Waals surface area contributed by atoms with Gasteiger partial charge in [0.15, 0.2) is 11.5 Å². The van der Waals surface area contributed by atoms with E-state index in [0.29, 0.717) is 17.4 Å². The minimum absolute atomic E-state index is 0.625. The Morgan fingerprint density at radius 1 is 1.00 bits per heavy atom. The summed E-state index contributed by atoms with van der Waals surface area (Å²) in [5, 5.41) is 2.76. The van der Waals surface area contributed by atoms with Gasteiger partial charge in [-0.15, -0.1) is 11.3 Å². The number of hydrogen-bond donors (Lipinski definition) is 0. The van der Waals surface area contributed by atoms with E-state index in [2.05, 4.69) is 4.98 Å². The Balaban J connectivity index is 2.38. The van der Waals surface area contributed by atoms with Crippen LogP contribution in [-0.4, -0.2) is 26.3 Å². The van der Waals surface area contributed by atoms with Crippen molar-refractivity contribution >= 4 is 11.3 Å². The van der Waals surface area contributed by atoms with Crippen LogP contribution in [0.1, 0.15) is 0 Å². The first kappa shape index (κ1) is 11.7. The largest absolute Gasteiger partial charge is 0.493 e. The van der Waals surface area contributed by atoms with Crippen molar-refractivity contribution in [1.82, 2.24) is 4.98 Å². The molecule has 2 aromatic rings. The van der Waals surface area contributed by atoms with Gasteiger partial charge in [0, 0.05) is 5.56 Å². The highest BCUT2D eigenvalue weighted by atomic mass is 32.1. The van der Waals surface area contributed by atoms with Crippen LogP contribution in [0.15, 0.2) is 23.6 Å². The van der Waals surface area contributed by atoms with E-state index in [9.17, 15) is 0 Å². The van der Waals surface area contributed by atoms with Gasteiger partial charge < -0.3 is 14.2 Å². The molecule has 0 fully saturated rings. The van der Waals surface area contributed by atoms with E-state index < -0.39 is 0 Å². The zero-order valence-electron chi connectivity index (χ0n) is 9.89. The lowest BCUT2D eigenvalue weighted by molar-refractivity contribution is 0.355. The highest BCUT2D eigenvalue weighted by Gasteiger charge is 2.09. The molecule has 1 heterocycles. The zero-order chi connectivity index (χ0) is 12.3. The molecular weight excluding hydrogens is 238 g/mol. The van der Waals surface area contributed by atoms with Crippen LogP contribution in [0.5, 0.6) is 17.4 Å². The summed E-state index contributed by atoms with van der Waals surface area (Å²) in [6.45, 7) is 0. The molecule has 90 valence electrons. The van der Waals surface area contributed by atoms with Gasteiger partial charge in [-0.2, -0.15) is 0 Å². The molecular formula is C12H13NO3S. The van der Waals surface area contributed by atoms with E-state index in [1.54, 1.807) is 21.3 Å². The van der Waals surface area contributed by atoms with Crippen LogP contribution >= 0.6 is 11.3 Å². The van der Waals surface area contributed by atoms with Gasteiger partial charge in [0.2, 0.25) is 5.88 Å². The number of nitrogens with zero attached hydrogens (tertiary/aromatic N) is 1. The SMILES string of the molecule is COc1csc(-c2ccc(OC)c(OC)c2)n1. The van der Waals surface area contributed by atoms with Crippen molar-refractivity contribution in [2.24, 2.45) is 0 Å². The minimum atomic E-state index is 0.625. The third kappa shape index (κ3) is 2.34. The van der Waals surface area contributed by atoms with Crippen molar-refractivity contribution in [3.8, 4) is 28.0 Å². The fourth-order valence-electron chi connectivity index (χ4n) is 1.45. The average Bonchev–Trinajstić information content (AvgIpc) is 2.86. The van der Waals surface area contributed by atoms with Crippen molar-refractivity contribution in [1.29, 1.82) is 0 Å². The van der Waals surface area contributed by atoms with Gasteiger partial charge in [0.25, 0.3) is 0 Å². The van der Waals surface area contributed by atoms with Crippen molar-refractivity contribution in [3.05, 3.63) is 23.6 Å². The topological polar surface area (TPSA) is 40.6 Å². The fraction of sp³-hybridized carbons (Fsp3) is 0.250. The van der Waals surface area contributed by atoms with Gasteiger partial charge in [-0.05, 0) is 18.2 Å². The number of aromatic nitrogens is 1. The summed E-state index contributed by atoms with van der Waals surface area (Å²) in [6, 6.07) is 5.71. The molecule has 0 atom stereocenters. The van der Waals surface area contributed by atoms with Gasteiger partial charge in [0.05, 0.1) is 26.7 Å². The lowest BCUT2D eigenvalue weighted by Gasteiger charge is -2.08. The normalized spacial score (nSPS) is 10.1. The lowest BCUT2D eigenvalue weighted by atomic mass is 10.2. The number of benzene rings is 1. The second-order valence-electron chi connectivity index (χ2n) is 3.26. The monoisotopic (exact) mass is 251 g/mol. The van der Waals surface area contributed by atoms with E-state index in [1.807, 2.05) is 23.6 Å². The first-order valence-electron chi connectivity index (χ1n) is 5.00. The third-order valence-corrected chi connectivity index (χ3v) is 3.19. The minimum Gasteiger partial charge on any atom is -0.493 e. The lowest BCUT2D eigenvalue weighted by Crippen LogP contribution is -1.90. The van der Waals surface area contributed by atoms with Crippen molar-refractivity contribution in [3.63, 3.8) is 0 Å². The summed E-state index contributed by atoms with van der Waals surface area (Å²) >= 11 is 1.53. The van der Waals surface area contributed by atoms with Crippen LogP contribution < -0.4 is 14.2 Å². The Kier molecular flexibility index (Phi) is 3.49. The van der Waals surface area contributed by atoms with Crippen LogP contribution in [0.4, 0.5) is 0 Å². The molecule has 0 unspecified atom stereocenters. The molecule has 2 rings (SSSR count). The summed E-state index contributed by atoms with van der Waals surface area (Å²) in [7, 11) is 4.83. The molecule has 0 radical (unpaired) electrons. The molecule has 4 nitrogen and oxygen atoms in total. The Morgan fingerprint density at radius 3 is 2.35 bits per heavy atom. The van der Waals surface area contributed by atoms with Gasteiger partial charge in [-0.1, -0.05) is 0 Å². The standard InChI is InChI=1S/C12H13NO3S/c1-14-9-5-4-8(6-10(9)15-2)12-13-11(16-3)7-17-12/h4-7H,1-3H3. The number of rotatable bonds is 4. The quantitative estimate of drug-likeness (QED) is 0.837. The molecule has 1 aromatic carbocycles. The predicted molar refractivity (Wildman–Crippen MR) is 67.2 cm³/mol. The maximum absolute atomic E-state index is 5.25. The van der Waals surface area contributed by atoms with Crippen molar-refractivity contribution in [2.45, 2.75) is 0 Å². The molecule has 1 aromatic heterocycles. The molecule has 0 N–H and O–H groups in total. The fourth-order valence-corrected chi connectivity index (χ4v) is 2.22. The van der Waals surface area contributed by atoms with Crippen LogP contribution in [0, 0.1) is 0 Å². The first-order valence-corrected chi connectivity index (χ1v) is 5.88. The Hall–Kier alpha value is -1.75. The maximum Gasteiger partial charge on any atom is 0.224 e. The molecule has 0 bridgehead atoms. The summed E-state index contributed by atoms with van der Waals surface area (Å²) in [6.07, 6.45) is 0. The van der Waals surface area contributed by atoms with Gasteiger partial charge in [-0.3, -0.25) is 0 Å². The third-order valence-electron chi connectivity index (χ3n) is 2.32. The Morgan fingerprint density at radius 2 is 1.76 bits per heavy atom. The van der Waals surface area contributed by atoms with E-state index in [1.165, 1.54) is 11.3 Å². The van der Waals surface area contributed by atoms with E-state index >= 15 is 0 Å². The molecule has 0 aliphatic rings. The number of hydrogen-bond acceptors (Lipinski definition) is 5. The smallest absolute Gasteiger partial charge is 0.224 e. The zero-order valence-corrected chi connectivity index (χ0v) is 10.7. The van der Waals surface area contributed by atoms with Crippen molar-refractivity contribution < 1.29 is 14.2 Å². The van der Waals surface area contributed by atoms with Crippen LogP contribution in [0.3, 0.4) is 0 Å². The Bertz CT molecular complexity index is 510. The van der Waals surface area contributed by atoms with Crippen LogP contribution in [0.2, 0.25) is 0 Å². The number of thiazole rings is 1. The second-order valence-corrected chi connectivity index (χ2v) is 4.12. The molecule has 0 aliphatic heterocycles. The first-order chi connectivity index (χ1) is 8.28. The van der Waals surface area contributed by atoms with E-state index in [0.717, 1.165) is 10.6 Å². The molecule has 5 heteroatoms. The maximum atomic E-state index is 5.25. The van der Waals surface area contributed by atoms with E-state index in [4.69, 9.17) is 14.2 Å². The predicted octanol–water partition coefficient (Wildman–Crippen LogP) is 2.84. The number of methoxy groups -OCH3 is 3. The van der Waals surface area contributed by atoms with Gasteiger partial charge in [-0.25, -0.2) is 4.98 Å². The summed E-state index contributed by atoms with van der Waals surface area (Å²) in [5.41, 5.74) is 0.982. The highest BCUT2D eigenvalue weighted by molar-refractivity contribution is 7.13. The van der Waals surface area contributed by atoms with E-state index in [-0.39, 0.29) is 0 Å². The van der Waals surface area contributed by atoms with Crippen LogP contribution in [0.25, 0.3) is 10.6 Å². The summed E-state index contributed by atoms with van der Waals surface area (Å²) < 4.78 is 15.5. The summed E-state index contributed by atoms with van der Waals surface area (Å²) in [5.74, 6) is 2.03. The second kappa shape index (κ2) is 5.05. The van der Waals surface area contributed by atoms with Crippen molar-refractivity contribution in [2.75, 3.05) is 21.3 Å². The average molecular weight is 251 g/mol. The molecule has 0 amide bonds. The molecule has 0 aliphatic carbocycles. The molecule has 0 saturated heterocycles. The van der Waals surface area contributed by atoms with Crippen LogP contribution in [-0.2, 0) is 0 Å². The number of ether oxygens (including phenoxy) is 3. The van der Waals surface area contributed by atoms with Gasteiger partial charge in [0.1, 0.15) is 5.01 Å². The molecule has 17 heavy (non-hydrogen) atoms. The summed E-state index contributed by atoms with van der Waals surface area (Å²) in [4.78, 5) is 4.33. The van der Waals surface area contributed by atoms with Gasteiger partial charge >= 0.3 is 0 Å². The highest BCUT2D eigenvalue weighted by Crippen LogP contribution is 2.34.